The van der Waals surface area contributed by atoms with Crippen molar-refractivity contribution in [3.8, 4) is 0 Å². The molecule has 0 saturated heterocycles. The fourth-order valence-corrected chi connectivity index (χ4v) is 3.69. The third-order valence-electron chi connectivity index (χ3n) is 3.03. The summed E-state index contributed by atoms with van der Waals surface area (Å²) in [6, 6.07) is 8.28. The molecule has 1 unspecified atom stereocenters. The molecule has 98 valence electrons. The summed E-state index contributed by atoms with van der Waals surface area (Å²) < 4.78 is 1.39. The fraction of sp³-hybridized carbons (Fsp3) is 0.231. The van der Waals surface area contributed by atoms with E-state index in [1.807, 2.05) is 12.1 Å². The molecule has 0 spiro atoms. The van der Waals surface area contributed by atoms with Crippen molar-refractivity contribution in [2.75, 3.05) is 0 Å². The Morgan fingerprint density at radius 3 is 2.95 bits per heavy atom. The minimum atomic E-state index is -0.328. The van der Waals surface area contributed by atoms with Crippen molar-refractivity contribution in [1.29, 1.82) is 0 Å². The van der Waals surface area contributed by atoms with Crippen LogP contribution >= 0.6 is 35.0 Å². The molecule has 0 fully saturated rings. The molecule has 0 bridgehead atoms. The number of fused-ring (bicyclic) bond motifs is 1. The van der Waals surface area contributed by atoms with Crippen molar-refractivity contribution < 1.29 is 0 Å². The molecule has 0 N–H and O–H groups in total. The number of aromatic nitrogens is 2. The third kappa shape index (κ3) is 2.53. The highest BCUT2D eigenvalue weighted by molar-refractivity contribution is 8.00. The molecule has 0 radical (unpaired) electrons. The van der Waals surface area contributed by atoms with Crippen molar-refractivity contribution in [2.24, 2.45) is 0 Å². The molecule has 0 saturated carbocycles. The van der Waals surface area contributed by atoms with Gasteiger partial charge in [0.25, 0.3) is 5.56 Å². The maximum absolute atomic E-state index is 11.9. The van der Waals surface area contributed by atoms with Gasteiger partial charge in [0.15, 0.2) is 0 Å². The predicted octanol–water partition coefficient (Wildman–Crippen LogP) is 3.27. The topological polar surface area (TPSA) is 34.9 Å². The average Bonchev–Trinajstić information content (AvgIpc) is 2.82. The number of hydrogen-bond acceptors (Lipinski definition) is 3. The van der Waals surface area contributed by atoms with E-state index < -0.39 is 0 Å². The highest BCUT2D eigenvalue weighted by Gasteiger charge is 2.23. The molecule has 3 rings (SSSR count). The van der Waals surface area contributed by atoms with Crippen LogP contribution in [0.3, 0.4) is 0 Å². The fourth-order valence-electron chi connectivity index (χ4n) is 2.12. The van der Waals surface area contributed by atoms with E-state index in [1.54, 1.807) is 11.8 Å². The summed E-state index contributed by atoms with van der Waals surface area (Å²) in [5.74, 6) is 0. The van der Waals surface area contributed by atoms with Gasteiger partial charge >= 0.3 is 0 Å². The normalized spacial score (nSPS) is 17.5. The average molecular weight is 313 g/mol. The quantitative estimate of drug-likeness (QED) is 0.853. The van der Waals surface area contributed by atoms with Crippen LogP contribution in [0.15, 0.2) is 40.2 Å². The molecule has 0 aliphatic carbocycles. The monoisotopic (exact) mass is 312 g/mol. The molecule has 19 heavy (non-hydrogen) atoms. The largest absolute Gasteiger partial charge is 0.287 e. The van der Waals surface area contributed by atoms with E-state index >= 15 is 0 Å². The maximum Gasteiger partial charge on any atom is 0.287 e. The summed E-state index contributed by atoms with van der Waals surface area (Å²) in [7, 11) is 0. The van der Waals surface area contributed by atoms with E-state index in [0.29, 0.717) is 11.8 Å². The van der Waals surface area contributed by atoms with Gasteiger partial charge in [-0.3, -0.25) is 4.79 Å². The van der Waals surface area contributed by atoms with Gasteiger partial charge in [-0.25, -0.2) is 4.68 Å². The van der Waals surface area contributed by atoms with Gasteiger partial charge in [-0.15, -0.1) is 11.8 Å². The van der Waals surface area contributed by atoms with Gasteiger partial charge in [0, 0.05) is 10.1 Å². The lowest BCUT2D eigenvalue weighted by Crippen LogP contribution is -2.27. The van der Waals surface area contributed by atoms with Crippen LogP contribution in [-0.2, 0) is 13.0 Å². The van der Waals surface area contributed by atoms with E-state index in [2.05, 4.69) is 17.2 Å². The van der Waals surface area contributed by atoms with E-state index in [-0.39, 0.29) is 15.6 Å². The Kier molecular flexibility index (Phi) is 3.56. The first-order chi connectivity index (χ1) is 9.15. The van der Waals surface area contributed by atoms with Crippen molar-refractivity contribution >= 4 is 35.0 Å². The number of rotatable bonds is 2. The second kappa shape index (κ2) is 5.19. The van der Waals surface area contributed by atoms with Crippen LogP contribution in [-0.4, -0.2) is 15.0 Å². The first-order valence-corrected chi connectivity index (χ1v) is 7.44. The van der Waals surface area contributed by atoms with Gasteiger partial charge in [-0.05, 0) is 18.1 Å². The van der Waals surface area contributed by atoms with Crippen molar-refractivity contribution in [3.05, 3.63) is 56.4 Å². The van der Waals surface area contributed by atoms with Crippen LogP contribution in [0.4, 0.5) is 0 Å². The van der Waals surface area contributed by atoms with Gasteiger partial charge in [0.1, 0.15) is 5.02 Å². The number of nitrogens with zero attached hydrogens (tertiary/aromatic N) is 2. The summed E-state index contributed by atoms with van der Waals surface area (Å²) in [5.41, 5.74) is 0.997. The molecule has 1 aromatic heterocycles. The summed E-state index contributed by atoms with van der Waals surface area (Å²) in [6.45, 7) is 0.537. The summed E-state index contributed by atoms with van der Waals surface area (Å²) in [6.07, 6.45) is 2.35. The molecule has 2 heterocycles. The highest BCUT2D eigenvalue weighted by Crippen LogP contribution is 2.37. The lowest BCUT2D eigenvalue weighted by Gasteiger charge is -2.10. The lowest BCUT2D eigenvalue weighted by atomic mass is 10.1. The van der Waals surface area contributed by atoms with E-state index in [4.69, 9.17) is 23.2 Å². The van der Waals surface area contributed by atoms with E-state index in [1.165, 1.54) is 21.3 Å². The summed E-state index contributed by atoms with van der Waals surface area (Å²) in [5, 5.41) is 4.58. The highest BCUT2D eigenvalue weighted by atomic mass is 35.5. The molecule has 0 amide bonds. The Bertz CT molecular complexity index is 662. The van der Waals surface area contributed by atoms with Gasteiger partial charge in [0.05, 0.1) is 17.8 Å². The van der Waals surface area contributed by atoms with Crippen molar-refractivity contribution in [1.82, 2.24) is 9.78 Å². The van der Waals surface area contributed by atoms with Crippen LogP contribution < -0.4 is 5.56 Å². The van der Waals surface area contributed by atoms with Crippen molar-refractivity contribution in [2.45, 2.75) is 23.1 Å². The lowest BCUT2D eigenvalue weighted by molar-refractivity contribution is 0.562. The Balaban J connectivity index is 1.82. The molecule has 6 heteroatoms. The van der Waals surface area contributed by atoms with Crippen LogP contribution in [0.1, 0.15) is 5.56 Å². The van der Waals surface area contributed by atoms with Crippen LogP contribution in [0.25, 0.3) is 0 Å². The molecule has 1 atom stereocenters. The van der Waals surface area contributed by atoms with Gasteiger partial charge in [-0.2, -0.15) is 5.10 Å². The number of hydrogen-bond donors (Lipinski definition) is 0. The van der Waals surface area contributed by atoms with E-state index in [9.17, 15) is 4.79 Å². The minimum absolute atomic E-state index is 0.0391. The second-order valence-corrected chi connectivity index (χ2v) is 6.47. The zero-order valence-corrected chi connectivity index (χ0v) is 12.2. The molecule has 2 aromatic rings. The Morgan fingerprint density at radius 1 is 1.37 bits per heavy atom. The second-order valence-electron chi connectivity index (χ2n) is 4.35. The zero-order chi connectivity index (χ0) is 13.4. The molecule has 3 nitrogen and oxygen atoms in total. The van der Waals surface area contributed by atoms with Gasteiger partial charge in [-0.1, -0.05) is 41.4 Å². The Labute approximate surface area is 124 Å². The third-order valence-corrected chi connectivity index (χ3v) is 5.08. The van der Waals surface area contributed by atoms with Crippen molar-refractivity contribution in [3.63, 3.8) is 0 Å². The van der Waals surface area contributed by atoms with Gasteiger partial charge < -0.3 is 0 Å². The molecule has 1 aliphatic rings. The Hall–Kier alpha value is -0.970. The first-order valence-electron chi connectivity index (χ1n) is 5.81. The van der Waals surface area contributed by atoms with Gasteiger partial charge in [0.2, 0.25) is 0 Å². The van der Waals surface area contributed by atoms with Crippen LogP contribution in [0, 0.1) is 0 Å². The zero-order valence-electron chi connectivity index (χ0n) is 9.85. The molecular formula is C13H10Cl2N2OS. The first kappa shape index (κ1) is 13.0. The summed E-state index contributed by atoms with van der Waals surface area (Å²) >= 11 is 13.4. The molecule has 1 aromatic carbocycles. The number of benzene rings is 1. The maximum atomic E-state index is 11.9. The number of halogens is 2. The predicted molar refractivity (Wildman–Crippen MR) is 78.3 cm³/mol. The van der Waals surface area contributed by atoms with Crippen LogP contribution in [0.5, 0.6) is 0 Å². The SMILES string of the molecule is O=c1c(Cl)c(Cl)cnn1CC1Cc2ccccc2S1. The standard InChI is InChI=1S/C13H10Cl2N2OS/c14-10-6-16-17(13(18)12(10)15)7-9-5-8-3-1-2-4-11(8)19-9/h1-4,6,9H,5,7H2. The summed E-state index contributed by atoms with van der Waals surface area (Å²) in [4.78, 5) is 13.2. The molecule has 1 aliphatic heterocycles. The number of thioether (sulfide) groups is 1. The Morgan fingerprint density at radius 2 is 2.16 bits per heavy atom. The van der Waals surface area contributed by atoms with Crippen LogP contribution in [0.2, 0.25) is 10.0 Å². The smallest absolute Gasteiger partial charge is 0.266 e. The molecular weight excluding hydrogens is 303 g/mol. The minimum Gasteiger partial charge on any atom is -0.266 e. The van der Waals surface area contributed by atoms with E-state index in [0.717, 1.165) is 6.42 Å².